The van der Waals surface area contributed by atoms with Crippen LogP contribution >= 0.6 is 23.2 Å². The Kier molecular flexibility index (Phi) is 8.13. The number of amides is 1. The third kappa shape index (κ3) is 5.80. The number of hydrogen-bond acceptors (Lipinski definition) is 7. The number of hydrogen-bond donors (Lipinski definition) is 2. The average molecular weight is 527 g/mol. The number of carbonyl (C=O) groups excluding carboxylic acids is 1. The van der Waals surface area contributed by atoms with E-state index < -0.39 is 6.23 Å². The highest BCUT2D eigenvalue weighted by molar-refractivity contribution is 6.32. The minimum Gasteiger partial charge on any atom is -0.756 e. The van der Waals surface area contributed by atoms with Gasteiger partial charge in [0.2, 0.25) is 0 Å². The first kappa shape index (κ1) is 25.9. The number of aromatic nitrogens is 1. The van der Waals surface area contributed by atoms with Gasteiger partial charge in [0.1, 0.15) is 5.82 Å². The third-order valence-electron chi connectivity index (χ3n) is 5.61. The second-order valence-electron chi connectivity index (χ2n) is 8.50. The molecule has 4 rings (SSSR count). The number of ether oxygens (including phenoxy) is 1. The lowest BCUT2D eigenvalue weighted by Crippen LogP contribution is -2.28. The van der Waals surface area contributed by atoms with Crippen LogP contribution in [0.3, 0.4) is 0 Å². The van der Waals surface area contributed by atoms with E-state index in [-0.39, 0.29) is 5.91 Å². The van der Waals surface area contributed by atoms with Gasteiger partial charge in [0.15, 0.2) is 6.23 Å². The Hall–Kier alpha value is -3.14. The van der Waals surface area contributed by atoms with Crippen LogP contribution in [-0.2, 0) is 4.74 Å². The Balaban J connectivity index is 1.63. The second-order valence-corrected chi connectivity index (χ2v) is 9.35. The van der Waals surface area contributed by atoms with Gasteiger partial charge >= 0.3 is 0 Å². The van der Waals surface area contributed by atoms with Gasteiger partial charge in [-0.1, -0.05) is 29.3 Å². The fraction of sp³-hybridized carbons (Fsp3) is 0.231. The molecule has 0 bridgehead atoms. The maximum absolute atomic E-state index is 13.4. The highest BCUT2D eigenvalue weighted by Gasteiger charge is 2.27. The summed E-state index contributed by atoms with van der Waals surface area (Å²) in [7, 11) is 5.44. The van der Waals surface area contributed by atoms with Crippen LogP contribution in [0.25, 0.3) is 11.8 Å². The van der Waals surface area contributed by atoms with E-state index in [0.29, 0.717) is 50.6 Å². The molecule has 10 heteroatoms. The zero-order chi connectivity index (χ0) is 25.8. The molecule has 3 aromatic rings. The minimum atomic E-state index is -0.962. The fourth-order valence-corrected chi connectivity index (χ4v) is 4.20. The van der Waals surface area contributed by atoms with Gasteiger partial charge in [-0.25, -0.2) is 4.98 Å². The number of anilines is 2. The van der Waals surface area contributed by atoms with Crippen LogP contribution in [0.2, 0.25) is 10.0 Å². The number of fused-ring (bicyclic) bond motifs is 1. The molecule has 0 aliphatic carbocycles. The van der Waals surface area contributed by atoms with Gasteiger partial charge in [0.25, 0.3) is 5.91 Å². The highest BCUT2D eigenvalue weighted by Crippen LogP contribution is 2.40. The molecule has 2 N–H and O–H groups in total. The molecule has 0 saturated carbocycles. The Morgan fingerprint density at radius 1 is 1.17 bits per heavy atom. The van der Waals surface area contributed by atoms with Crippen LogP contribution in [0.1, 0.15) is 33.4 Å². The van der Waals surface area contributed by atoms with E-state index in [1.165, 1.54) is 7.11 Å². The molecular weight excluding hydrogens is 501 g/mol. The van der Waals surface area contributed by atoms with Crippen molar-refractivity contribution in [2.75, 3.05) is 44.9 Å². The van der Waals surface area contributed by atoms with Crippen molar-refractivity contribution < 1.29 is 9.53 Å². The van der Waals surface area contributed by atoms with Crippen LogP contribution < -0.4 is 10.6 Å². The number of benzene rings is 2. The summed E-state index contributed by atoms with van der Waals surface area (Å²) in [6.45, 7) is 1.55. The van der Waals surface area contributed by atoms with Crippen LogP contribution in [0.5, 0.6) is 0 Å². The van der Waals surface area contributed by atoms with Gasteiger partial charge in [0, 0.05) is 58.3 Å². The Morgan fingerprint density at radius 3 is 2.69 bits per heavy atom. The number of halogens is 2. The standard InChI is InChI=1S/C26H26Cl2N5O3/c1-32(2)12-11-29-23-10-7-16-14-22(33(35)26(36-3)24(16)31-23)20-15-19(8-9-21(20)28)30-25(34)17-5-4-6-18(27)13-17/h4-10,13-15,26H,11-12H2,1-3H3,(H,29,31)(H,30,34)/q-1. The lowest BCUT2D eigenvalue weighted by Gasteiger charge is -2.43. The number of nitrogens with zero attached hydrogens (tertiary/aromatic N) is 3. The van der Waals surface area contributed by atoms with Crippen molar-refractivity contribution in [2.24, 2.45) is 0 Å². The van der Waals surface area contributed by atoms with Crippen molar-refractivity contribution >= 4 is 52.4 Å². The Morgan fingerprint density at radius 2 is 1.97 bits per heavy atom. The van der Waals surface area contributed by atoms with Gasteiger partial charge in [0.05, 0.1) is 5.69 Å². The molecule has 1 aliphatic heterocycles. The fourth-order valence-electron chi connectivity index (χ4n) is 3.80. The van der Waals surface area contributed by atoms with E-state index in [9.17, 15) is 10.0 Å². The molecule has 1 aromatic heterocycles. The minimum absolute atomic E-state index is 0.299. The predicted molar refractivity (Wildman–Crippen MR) is 145 cm³/mol. The zero-order valence-corrected chi connectivity index (χ0v) is 21.6. The summed E-state index contributed by atoms with van der Waals surface area (Å²) in [5, 5.41) is 21.0. The zero-order valence-electron chi connectivity index (χ0n) is 20.1. The maximum Gasteiger partial charge on any atom is 0.255 e. The molecule has 1 amide bonds. The summed E-state index contributed by atoms with van der Waals surface area (Å²) in [4.78, 5) is 19.4. The summed E-state index contributed by atoms with van der Waals surface area (Å²) in [5.41, 5.74) is 2.90. The molecular formula is C26H26Cl2N5O3-. The number of carbonyl (C=O) groups is 1. The first-order valence-electron chi connectivity index (χ1n) is 11.2. The SMILES string of the molecule is COC1c2nc(NCCN(C)C)ccc2C=C(c2cc(NC(=O)c3cccc(Cl)c3)ccc2Cl)N1[O-]. The highest BCUT2D eigenvalue weighted by atomic mass is 35.5. The molecule has 0 radical (unpaired) electrons. The first-order valence-corrected chi connectivity index (χ1v) is 12.0. The number of rotatable bonds is 8. The topological polar surface area (TPSA) is 92.8 Å². The van der Waals surface area contributed by atoms with Crippen molar-refractivity contribution in [3.8, 4) is 0 Å². The molecule has 8 nitrogen and oxygen atoms in total. The summed E-state index contributed by atoms with van der Waals surface area (Å²) in [5.74, 6) is 0.327. The molecule has 1 atom stereocenters. The van der Waals surface area contributed by atoms with Crippen molar-refractivity contribution in [2.45, 2.75) is 6.23 Å². The smallest absolute Gasteiger partial charge is 0.255 e. The molecule has 36 heavy (non-hydrogen) atoms. The second kappa shape index (κ2) is 11.3. The number of hydroxylamine groups is 2. The van der Waals surface area contributed by atoms with E-state index >= 15 is 0 Å². The van der Waals surface area contributed by atoms with E-state index in [2.05, 4.69) is 20.5 Å². The van der Waals surface area contributed by atoms with E-state index in [1.807, 2.05) is 26.2 Å². The van der Waals surface area contributed by atoms with E-state index in [1.54, 1.807) is 48.5 Å². The molecule has 2 aromatic carbocycles. The number of likely N-dealkylation sites (N-methyl/N-ethyl adjacent to an activating group) is 1. The molecule has 1 unspecified atom stereocenters. The van der Waals surface area contributed by atoms with Gasteiger partial charge in [-0.05, 0) is 68.7 Å². The van der Waals surface area contributed by atoms with Crippen LogP contribution in [0.15, 0.2) is 54.6 Å². The number of pyridine rings is 1. The van der Waals surface area contributed by atoms with Gasteiger partial charge in [-0.3, -0.25) is 4.79 Å². The molecule has 188 valence electrons. The van der Waals surface area contributed by atoms with E-state index in [0.717, 1.165) is 17.2 Å². The van der Waals surface area contributed by atoms with Crippen LogP contribution in [0, 0.1) is 5.21 Å². The summed E-state index contributed by atoms with van der Waals surface area (Å²) < 4.78 is 5.53. The first-order chi connectivity index (χ1) is 17.3. The molecule has 0 fully saturated rings. The van der Waals surface area contributed by atoms with Crippen LogP contribution in [-0.4, -0.2) is 55.1 Å². The number of methoxy groups -OCH3 is 1. The normalized spacial score (nSPS) is 14.9. The van der Waals surface area contributed by atoms with Crippen molar-refractivity contribution in [1.29, 1.82) is 0 Å². The largest absolute Gasteiger partial charge is 0.756 e. The summed E-state index contributed by atoms with van der Waals surface area (Å²) in [6.07, 6.45) is 0.759. The van der Waals surface area contributed by atoms with Crippen molar-refractivity contribution in [1.82, 2.24) is 14.9 Å². The molecule has 0 saturated heterocycles. The summed E-state index contributed by atoms with van der Waals surface area (Å²) in [6, 6.07) is 15.3. The molecule has 2 heterocycles. The Labute approximate surface area is 220 Å². The summed E-state index contributed by atoms with van der Waals surface area (Å²) >= 11 is 12.5. The molecule has 0 spiro atoms. The monoisotopic (exact) mass is 526 g/mol. The quantitative estimate of drug-likeness (QED) is 0.396. The molecule has 1 aliphatic rings. The average Bonchev–Trinajstić information content (AvgIpc) is 2.85. The van der Waals surface area contributed by atoms with Crippen molar-refractivity contribution in [3.05, 3.63) is 92.2 Å². The van der Waals surface area contributed by atoms with E-state index in [4.69, 9.17) is 27.9 Å². The third-order valence-corrected chi connectivity index (χ3v) is 6.17. The van der Waals surface area contributed by atoms with Crippen LogP contribution in [0.4, 0.5) is 11.5 Å². The Bertz CT molecular complexity index is 1300. The number of nitrogens with one attached hydrogen (secondary N) is 2. The maximum atomic E-state index is 13.4. The van der Waals surface area contributed by atoms with Gasteiger partial charge in [-0.15, -0.1) is 0 Å². The van der Waals surface area contributed by atoms with Crippen molar-refractivity contribution in [3.63, 3.8) is 0 Å². The predicted octanol–water partition coefficient (Wildman–Crippen LogP) is 5.57. The van der Waals surface area contributed by atoms with Gasteiger partial charge < -0.3 is 30.5 Å². The lowest BCUT2D eigenvalue weighted by atomic mass is 10.0. The van der Waals surface area contributed by atoms with Gasteiger partial charge in [-0.2, -0.15) is 0 Å². The lowest BCUT2D eigenvalue weighted by molar-refractivity contribution is 0.0185.